The predicted molar refractivity (Wildman–Crippen MR) is 444 cm³/mol. The first-order valence-corrected chi connectivity index (χ1v) is 42.3. The molecule has 6 atom stereocenters. The second kappa shape index (κ2) is 79.3. The smallest absolute Gasteiger partial charge is 0.407 e. The maximum absolute atomic E-state index is 13.4. The van der Waals surface area contributed by atoms with Crippen LogP contribution < -0.4 is 65.5 Å². The number of hydrogen-bond acceptors (Lipinski definition) is 28. The number of nitrogens with zero attached hydrogens (tertiary/aromatic N) is 2. The van der Waals surface area contributed by atoms with E-state index in [2.05, 4.69) is 42.5 Å². The Bertz CT molecular complexity index is 2710. The number of carbonyl (C=O) groups is 14. The van der Waals surface area contributed by atoms with E-state index in [0.29, 0.717) is 156 Å². The standard InChI is InChI=1S/C40H73N7O14.C40H77N7O12/c1-30(37(41)52)11-5-8-15-43-33(48)28-47(29-34(49)44-16-9-6-12-31(2)38(42)53)35(50)14-18-45-39(54)32(27-36(51)60-25-23-58-21-19-56-3)13-7-10-17-46-40(55)61-26-24-59-22-20-57-4;1-32(37(41)50)11-5-8-15-43-19-21-47(22-20-44-16-9-6-12-33(2)38(42)51)35(48)14-18-45-39(52)34(31-36(49)58-29-27-56-25-23-54-3)13-7-10-17-46-40(53)59-30-28-57-26-24-55-4/h30-32H,5-29H2,1-4H3,(H2,41,52)(H2,42,53)(H,43,48)(H,44,49)(H,45,54)(H,46,55);32-34,43-44H,5-31H2,1-4H3,(H2,41,50)(H2,42,51)(H,45,52)(H,46,53). The van der Waals surface area contributed by atoms with Gasteiger partial charge in [-0.05, 0) is 90.1 Å². The number of amides is 12. The van der Waals surface area contributed by atoms with E-state index in [4.69, 9.17) is 79.8 Å². The molecule has 0 bridgehead atoms. The molecule has 0 heterocycles. The van der Waals surface area contributed by atoms with Gasteiger partial charge in [-0.15, -0.1) is 0 Å². The number of primary amides is 4. The van der Waals surface area contributed by atoms with Crippen molar-refractivity contribution in [3.05, 3.63) is 0 Å². The molecule has 0 radical (unpaired) electrons. The number of nitrogens with one attached hydrogen (secondary N) is 8. The van der Waals surface area contributed by atoms with Crippen LogP contribution in [0.1, 0.15) is 169 Å². The lowest BCUT2D eigenvalue weighted by Crippen LogP contribution is -2.47. The Balaban J connectivity index is 0. The Morgan fingerprint density at radius 3 is 0.875 bits per heavy atom. The van der Waals surface area contributed by atoms with Gasteiger partial charge >= 0.3 is 24.1 Å². The molecule has 0 aromatic rings. The summed E-state index contributed by atoms with van der Waals surface area (Å²) in [7, 11) is 6.22. The second-order valence-electron chi connectivity index (χ2n) is 28.9. The Morgan fingerprint density at radius 1 is 0.292 bits per heavy atom. The van der Waals surface area contributed by atoms with E-state index in [1.165, 1.54) is 7.11 Å². The van der Waals surface area contributed by atoms with Gasteiger partial charge in [0.15, 0.2) is 0 Å². The highest BCUT2D eigenvalue weighted by Crippen LogP contribution is 2.18. The summed E-state index contributed by atoms with van der Waals surface area (Å²) >= 11 is 0. The number of carbonyl (C=O) groups excluding carboxylic acids is 14. The van der Waals surface area contributed by atoms with Gasteiger partial charge < -0.3 is 132 Å². The summed E-state index contributed by atoms with van der Waals surface area (Å²) < 4.78 is 61.5. The lowest BCUT2D eigenvalue weighted by atomic mass is 9.97. The highest BCUT2D eigenvalue weighted by molar-refractivity contribution is 5.90. The maximum atomic E-state index is 13.4. The average molecular weight is 1720 g/mol. The van der Waals surface area contributed by atoms with E-state index < -0.39 is 84.5 Å². The molecule has 6 unspecified atom stereocenters. The molecular formula is C80H150N14O26. The van der Waals surface area contributed by atoms with E-state index in [-0.39, 0.29) is 165 Å². The Labute approximate surface area is 709 Å². The van der Waals surface area contributed by atoms with Gasteiger partial charge in [-0.2, -0.15) is 0 Å². The Kier molecular flexibility index (Phi) is 75.2. The van der Waals surface area contributed by atoms with Gasteiger partial charge in [-0.25, -0.2) is 9.59 Å². The van der Waals surface area contributed by atoms with Crippen LogP contribution in [0.25, 0.3) is 0 Å². The van der Waals surface area contributed by atoms with Crippen LogP contribution in [0.2, 0.25) is 0 Å². The van der Waals surface area contributed by atoms with Crippen molar-refractivity contribution in [3.8, 4) is 0 Å². The maximum Gasteiger partial charge on any atom is 0.407 e. The fourth-order valence-electron chi connectivity index (χ4n) is 11.0. The van der Waals surface area contributed by atoms with Crippen LogP contribution in [0.4, 0.5) is 9.59 Å². The van der Waals surface area contributed by atoms with Crippen molar-refractivity contribution in [2.24, 2.45) is 58.4 Å². The minimum atomic E-state index is -0.821. The van der Waals surface area contributed by atoms with Crippen molar-refractivity contribution in [2.45, 2.75) is 169 Å². The number of methoxy groups -OCH3 is 4. The molecular weight excluding hydrogens is 1570 g/mol. The molecule has 120 heavy (non-hydrogen) atoms. The summed E-state index contributed by atoms with van der Waals surface area (Å²) in [5.74, 6) is -7.53. The van der Waals surface area contributed by atoms with E-state index in [0.717, 1.165) is 56.5 Å². The van der Waals surface area contributed by atoms with E-state index in [1.54, 1.807) is 40.1 Å². The third kappa shape index (κ3) is 70.5. The molecule has 0 saturated carbocycles. The van der Waals surface area contributed by atoms with Gasteiger partial charge in [0.25, 0.3) is 0 Å². The van der Waals surface area contributed by atoms with Crippen LogP contribution in [0, 0.1) is 35.5 Å². The summed E-state index contributed by atoms with van der Waals surface area (Å²) in [5, 5.41) is 23.0. The molecule has 40 nitrogen and oxygen atoms in total. The van der Waals surface area contributed by atoms with E-state index >= 15 is 0 Å². The number of esters is 2. The van der Waals surface area contributed by atoms with Crippen LogP contribution in [0.5, 0.6) is 0 Å². The first-order chi connectivity index (χ1) is 57.6. The Morgan fingerprint density at radius 2 is 0.567 bits per heavy atom. The van der Waals surface area contributed by atoms with Gasteiger partial charge in [0.05, 0.1) is 92.1 Å². The zero-order valence-corrected chi connectivity index (χ0v) is 73.1. The minimum absolute atomic E-state index is 0.0190. The lowest BCUT2D eigenvalue weighted by molar-refractivity contribution is -0.149. The summed E-state index contributed by atoms with van der Waals surface area (Å²) in [5.41, 5.74) is 21.3. The molecule has 0 aliphatic rings. The third-order valence-corrected chi connectivity index (χ3v) is 18.7. The quantitative estimate of drug-likeness (QED) is 0.0227. The number of alkyl carbamates (subject to hydrolysis) is 2. The largest absolute Gasteiger partial charge is 0.463 e. The highest BCUT2D eigenvalue weighted by atomic mass is 16.6. The number of rotatable bonds is 80. The summed E-state index contributed by atoms with van der Waals surface area (Å²) in [4.78, 5) is 176. The third-order valence-electron chi connectivity index (χ3n) is 18.7. The number of unbranched alkanes of at least 4 members (excludes halogenated alkanes) is 6. The van der Waals surface area contributed by atoms with Crippen molar-refractivity contribution in [1.29, 1.82) is 0 Å². The minimum Gasteiger partial charge on any atom is -0.463 e. The zero-order valence-electron chi connectivity index (χ0n) is 73.1. The number of hydrogen-bond donors (Lipinski definition) is 12. The van der Waals surface area contributed by atoms with Crippen LogP contribution >= 0.6 is 0 Å². The SMILES string of the molecule is COCCOCCOC(=O)CC(CCCCNC(=O)OCCOCCOC)C(=O)NCCC(=O)N(CC(=O)NCCCCC(C)C(N)=O)CC(=O)NCCCCC(C)C(N)=O.COCCOCCOC(=O)CC(CCCCNC(=O)OCCOCCOC)C(=O)NCCC(=O)N(CCNCCCCC(C)C(N)=O)CCNCCCCC(C)C(N)=O. The zero-order chi connectivity index (χ0) is 89.6. The topological polar surface area (TPSA) is 557 Å². The number of ether oxygens (including phenoxy) is 12. The first-order valence-electron chi connectivity index (χ1n) is 42.3. The van der Waals surface area contributed by atoms with Gasteiger partial charge in [0.1, 0.15) is 39.5 Å². The molecule has 0 spiro atoms. The van der Waals surface area contributed by atoms with Crippen molar-refractivity contribution < 1.29 is 124 Å². The Hall–Kier alpha value is -8.22. The molecule has 0 aromatic heterocycles. The molecule has 0 aliphatic heterocycles. The van der Waals surface area contributed by atoms with Crippen molar-refractivity contribution in [3.63, 3.8) is 0 Å². The van der Waals surface area contributed by atoms with Crippen LogP contribution in [-0.2, 0) is 114 Å². The predicted octanol–water partition coefficient (Wildman–Crippen LogP) is 0.765. The van der Waals surface area contributed by atoms with Gasteiger partial charge in [0, 0.05) is 142 Å². The monoisotopic (exact) mass is 1720 g/mol. The van der Waals surface area contributed by atoms with Crippen LogP contribution in [0.3, 0.4) is 0 Å². The normalized spacial score (nSPS) is 12.5. The van der Waals surface area contributed by atoms with Crippen molar-refractivity contribution in [2.75, 3.05) is 226 Å². The fourth-order valence-corrected chi connectivity index (χ4v) is 11.0. The van der Waals surface area contributed by atoms with Crippen molar-refractivity contribution >= 4 is 83.2 Å². The van der Waals surface area contributed by atoms with Gasteiger partial charge in [-0.1, -0.05) is 66.2 Å². The second-order valence-corrected chi connectivity index (χ2v) is 28.9. The van der Waals surface area contributed by atoms with Crippen LogP contribution in [0.15, 0.2) is 0 Å². The fraction of sp³-hybridized carbons (Fsp3) is 0.825. The summed E-state index contributed by atoms with van der Waals surface area (Å²) in [6, 6.07) is 0. The summed E-state index contributed by atoms with van der Waals surface area (Å²) in [6.45, 7) is 15.1. The van der Waals surface area contributed by atoms with Gasteiger partial charge in [-0.3, -0.25) is 57.5 Å². The summed E-state index contributed by atoms with van der Waals surface area (Å²) in [6.07, 6.45) is 9.37. The molecule has 12 amide bonds. The van der Waals surface area contributed by atoms with Crippen molar-refractivity contribution in [1.82, 2.24) is 52.3 Å². The lowest BCUT2D eigenvalue weighted by Gasteiger charge is -2.24. The molecule has 696 valence electrons. The van der Waals surface area contributed by atoms with E-state index in [9.17, 15) is 67.1 Å². The first kappa shape index (κ1) is 114. The number of nitrogens with two attached hydrogens (primary N) is 4. The van der Waals surface area contributed by atoms with Crippen LogP contribution in [-0.4, -0.2) is 319 Å². The van der Waals surface area contributed by atoms with E-state index in [1.807, 2.05) is 13.8 Å². The highest BCUT2D eigenvalue weighted by Gasteiger charge is 2.27. The molecule has 16 N–H and O–H groups in total. The molecule has 0 aromatic carbocycles. The molecule has 0 aliphatic carbocycles. The molecule has 0 saturated heterocycles. The average Bonchev–Trinajstić information content (AvgIpc) is 0.886. The molecule has 40 heteroatoms. The molecule has 0 rings (SSSR count). The van der Waals surface area contributed by atoms with Gasteiger partial charge in [0.2, 0.25) is 59.1 Å². The molecule has 0 fully saturated rings.